The number of ether oxygens (including phenoxy) is 2. The molecular formula is C21H19NO5. The van der Waals surface area contributed by atoms with Crippen LogP contribution in [-0.4, -0.2) is 31.4 Å². The van der Waals surface area contributed by atoms with Crippen molar-refractivity contribution in [1.29, 1.82) is 0 Å². The molecule has 0 aromatic heterocycles. The molecule has 0 aliphatic carbocycles. The summed E-state index contributed by atoms with van der Waals surface area (Å²) in [5, 5.41) is 2.76. The minimum absolute atomic E-state index is 0.00301. The summed E-state index contributed by atoms with van der Waals surface area (Å²) in [5.41, 5.74) is 2.75. The van der Waals surface area contributed by atoms with Gasteiger partial charge in [-0.3, -0.25) is 9.59 Å². The van der Waals surface area contributed by atoms with E-state index in [4.69, 9.17) is 9.47 Å². The number of carbonyl (C=O) groups is 3. The van der Waals surface area contributed by atoms with Crippen molar-refractivity contribution in [3.05, 3.63) is 59.2 Å². The average molecular weight is 365 g/mol. The van der Waals surface area contributed by atoms with Crippen LogP contribution in [0.25, 0.3) is 11.6 Å². The molecule has 2 aromatic carbocycles. The Labute approximate surface area is 156 Å². The number of para-hydroxylation sites is 1. The first-order chi connectivity index (χ1) is 13.0. The maximum atomic E-state index is 12.4. The SMILES string of the molecule is CCC(=O)COc1ccccc1/C=C1\C(=O)Nc2cc(C(=O)OC)ccc21. The zero-order valence-corrected chi connectivity index (χ0v) is 15.1. The number of benzene rings is 2. The van der Waals surface area contributed by atoms with Crippen LogP contribution < -0.4 is 10.1 Å². The Morgan fingerprint density at radius 3 is 2.67 bits per heavy atom. The molecule has 3 rings (SSSR count). The fraction of sp³-hybridized carbons (Fsp3) is 0.190. The monoisotopic (exact) mass is 365 g/mol. The molecule has 0 saturated carbocycles. The Morgan fingerprint density at radius 1 is 1.15 bits per heavy atom. The number of nitrogens with one attached hydrogen (secondary N) is 1. The Morgan fingerprint density at radius 2 is 1.93 bits per heavy atom. The minimum atomic E-state index is -0.469. The van der Waals surface area contributed by atoms with Gasteiger partial charge in [0.05, 0.1) is 12.7 Å². The lowest BCUT2D eigenvalue weighted by atomic mass is 10.0. The molecule has 27 heavy (non-hydrogen) atoms. The number of carbonyl (C=O) groups excluding carboxylic acids is 3. The van der Waals surface area contributed by atoms with Crippen LogP contribution in [0, 0.1) is 0 Å². The number of Topliss-reactive ketones (excluding diaryl/α,β-unsaturated/α-hetero) is 1. The molecule has 1 aliphatic rings. The Kier molecular flexibility index (Phi) is 5.35. The zero-order chi connectivity index (χ0) is 19.4. The number of anilines is 1. The second kappa shape index (κ2) is 7.86. The van der Waals surface area contributed by atoms with Crippen LogP contribution in [0.4, 0.5) is 5.69 Å². The maximum absolute atomic E-state index is 12.4. The first kappa shape index (κ1) is 18.4. The van der Waals surface area contributed by atoms with Gasteiger partial charge in [0.25, 0.3) is 5.91 Å². The van der Waals surface area contributed by atoms with Crippen LogP contribution in [-0.2, 0) is 14.3 Å². The molecule has 0 fully saturated rings. The van der Waals surface area contributed by atoms with Gasteiger partial charge in [0, 0.05) is 28.8 Å². The molecule has 0 radical (unpaired) electrons. The first-order valence-corrected chi connectivity index (χ1v) is 8.52. The summed E-state index contributed by atoms with van der Waals surface area (Å²) >= 11 is 0. The fourth-order valence-electron chi connectivity index (χ4n) is 2.73. The third-order valence-corrected chi connectivity index (χ3v) is 4.23. The van der Waals surface area contributed by atoms with E-state index in [9.17, 15) is 14.4 Å². The number of ketones is 1. The zero-order valence-electron chi connectivity index (χ0n) is 15.1. The van der Waals surface area contributed by atoms with Gasteiger partial charge in [-0.15, -0.1) is 0 Å². The second-order valence-corrected chi connectivity index (χ2v) is 5.98. The molecule has 1 amide bonds. The molecule has 138 valence electrons. The number of amides is 1. The molecule has 6 nitrogen and oxygen atoms in total. The molecule has 0 atom stereocenters. The van der Waals surface area contributed by atoms with Gasteiger partial charge in [0.15, 0.2) is 5.78 Å². The normalized spacial score (nSPS) is 13.9. The number of methoxy groups -OCH3 is 1. The van der Waals surface area contributed by atoms with E-state index in [1.54, 1.807) is 43.3 Å². The number of hydrogen-bond donors (Lipinski definition) is 1. The van der Waals surface area contributed by atoms with Crippen molar-refractivity contribution in [2.45, 2.75) is 13.3 Å². The largest absolute Gasteiger partial charge is 0.485 e. The lowest BCUT2D eigenvalue weighted by Crippen LogP contribution is -2.10. The molecule has 1 aliphatic heterocycles. The van der Waals surface area contributed by atoms with E-state index in [1.165, 1.54) is 7.11 Å². The molecule has 0 bridgehead atoms. The Hall–Kier alpha value is -3.41. The van der Waals surface area contributed by atoms with Crippen LogP contribution >= 0.6 is 0 Å². The van der Waals surface area contributed by atoms with E-state index in [-0.39, 0.29) is 18.3 Å². The van der Waals surface area contributed by atoms with Gasteiger partial charge in [-0.1, -0.05) is 31.2 Å². The molecule has 0 unspecified atom stereocenters. The third kappa shape index (κ3) is 3.89. The molecule has 1 heterocycles. The summed E-state index contributed by atoms with van der Waals surface area (Å²) in [6.07, 6.45) is 2.12. The third-order valence-electron chi connectivity index (χ3n) is 4.23. The van der Waals surface area contributed by atoms with Gasteiger partial charge in [0.1, 0.15) is 12.4 Å². The quantitative estimate of drug-likeness (QED) is 0.627. The van der Waals surface area contributed by atoms with E-state index < -0.39 is 5.97 Å². The molecular weight excluding hydrogens is 346 g/mol. The standard InChI is InChI=1S/C21H19NO5/c1-3-15(23)12-27-19-7-5-4-6-13(19)10-17-16-9-8-14(21(25)26-2)11-18(16)22-20(17)24/h4-11H,3,12H2,1-2H3,(H,22,24)/b17-10-. The van der Waals surface area contributed by atoms with E-state index in [0.29, 0.717) is 40.1 Å². The fourth-order valence-corrected chi connectivity index (χ4v) is 2.73. The molecule has 1 N–H and O–H groups in total. The molecule has 0 saturated heterocycles. The smallest absolute Gasteiger partial charge is 0.337 e. The van der Waals surface area contributed by atoms with Gasteiger partial charge in [-0.25, -0.2) is 4.79 Å². The van der Waals surface area contributed by atoms with Crippen molar-refractivity contribution in [3.8, 4) is 5.75 Å². The lowest BCUT2D eigenvalue weighted by Gasteiger charge is -2.08. The van der Waals surface area contributed by atoms with Crippen molar-refractivity contribution < 1.29 is 23.9 Å². The topological polar surface area (TPSA) is 81.7 Å². The van der Waals surface area contributed by atoms with E-state index in [0.717, 1.165) is 0 Å². The molecule has 2 aromatic rings. The Bertz CT molecular complexity index is 945. The van der Waals surface area contributed by atoms with Gasteiger partial charge in [-0.05, 0) is 24.3 Å². The predicted octanol–water partition coefficient (Wildman–Crippen LogP) is 3.32. The van der Waals surface area contributed by atoms with E-state index in [1.807, 2.05) is 12.1 Å². The van der Waals surface area contributed by atoms with E-state index >= 15 is 0 Å². The van der Waals surface area contributed by atoms with Crippen molar-refractivity contribution >= 4 is 35.0 Å². The summed E-state index contributed by atoms with van der Waals surface area (Å²) in [6, 6.07) is 12.1. The van der Waals surface area contributed by atoms with Crippen LogP contribution in [0.3, 0.4) is 0 Å². The van der Waals surface area contributed by atoms with Crippen molar-refractivity contribution in [2.24, 2.45) is 0 Å². The summed E-state index contributed by atoms with van der Waals surface area (Å²) in [5.74, 6) is -0.216. The van der Waals surface area contributed by atoms with Crippen LogP contribution in [0.2, 0.25) is 0 Å². The maximum Gasteiger partial charge on any atom is 0.337 e. The van der Waals surface area contributed by atoms with E-state index in [2.05, 4.69) is 5.32 Å². The summed E-state index contributed by atoms with van der Waals surface area (Å²) in [6.45, 7) is 1.77. The number of fused-ring (bicyclic) bond motifs is 1. The Balaban J connectivity index is 1.94. The summed E-state index contributed by atoms with van der Waals surface area (Å²) < 4.78 is 10.3. The van der Waals surface area contributed by atoms with Gasteiger partial charge < -0.3 is 14.8 Å². The highest BCUT2D eigenvalue weighted by atomic mass is 16.5. The van der Waals surface area contributed by atoms with Crippen molar-refractivity contribution in [3.63, 3.8) is 0 Å². The minimum Gasteiger partial charge on any atom is -0.485 e. The highest BCUT2D eigenvalue weighted by molar-refractivity contribution is 6.35. The molecule has 6 heteroatoms. The van der Waals surface area contributed by atoms with Gasteiger partial charge >= 0.3 is 5.97 Å². The highest BCUT2D eigenvalue weighted by Crippen LogP contribution is 2.35. The average Bonchev–Trinajstić information content (AvgIpc) is 3.00. The second-order valence-electron chi connectivity index (χ2n) is 5.98. The summed E-state index contributed by atoms with van der Waals surface area (Å²) in [7, 11) is 1.31. The van der Waals surface area contributed by atoms with Crippen LogP contribution in [0.5, 0.6) is 5.75 Å². The number of esters is 1. The van der Waals surface area contributed by atoms with Crippen LogP contribution in [0.15, 0.2) is 42.5 Å². The molecule has 0 spiro atoms. The number of hydrogen-bond acceptors (Lipinski definition) is 5. The van der Waals surface area contributed by atoms with Crippen LogP contribution in [0.1, 0.15) is 34.8 Å². The van der Waals surface area contributed by atoms with Gasteiger partial charge in [0.2, 0.25) is 0 Å². The lowest BCUT2D eigenvalue weighted by molar-refractivity contribution is -0.120. The number of rotatable bonds is 6. The first-order valence-electron chi connectivity index (χ1n) is 8.52. The highest BCUT2D eigenvalue weighted by Gasteiger charge is 2.25. The van der Waals surface area contributed by atoms with Crippen molar-refractivity contribution in [1.82, 2.24) is 0 Å². The van der Waals surface area contributed by atoms with Gasteiger partial charge in [-0.2, -0.15) is 0 Å². The summed E-state index contributed by atoms with van der Waals surface area (Å²) in [4.78, 5) is 35.6. The predicted molar refractivity (Wildman–Crippen MR) is 102 cm³/mol. The van der Waals surface area contributed by atoms with Crippen molar-refractivity contribution in [2.75, 3.05) is 19.0 Å².